The molecular weight excluding hydrogens is 256 g/mol. The van der Waals surface area contributed by atoms with Crippen molar-refractivity contribution in [2.24, 2.45) is 0 Å². The number of carbonyl (C=O) groups is 1. The van der Waals surface area contributed by atoms with Gasteiger partial charge in [0.2, 0.25) is 15.9 Å². The van der Waals surface area contributed by atoms with Gasteiger partial charge in [0.25, 0.3) is 0 Å². The fourth-order valence-electron chi connectivity index (χ4n) is 1.68. The molecular formula is C11H16N2O4S. The summed E-state index contributed by atoms with van der Waals surface area (Å²) in [6.07, 6.45) is 4.32. The quantitative estimate of drug-likeness (QED) is 0.808. The van der Waals surface area contributed by atoms with Crippen molar-refractivity contribution in [1.29, 1.82) is 0 Å². The van der Waals surface area contributed by atoms with Gasteiger partial charge in [0.1, 0.15) is 5.76 Å². The van der Waals surface area contributed by atoms with Crippen molar-refractivity contribution in [3.8, 4) is 0 Å². The van der Waals surface area contributed by atoms with Gasteiger partial charge in [0, 0.05) is 6.04 Å². The number of furan rings is 1. The first-order valence-corrected chi connectivity index (χ1v) is 7.57. The van der Waals surface area contributed by atoms with E-state index in [0.717, 1.165) is 19.1 Å². The average Bonchev–Trinajstić information content (AvgIpc) is 2.97. The van der Waals surface area contributed by atoms with Crippen molar-refractivity contribution in [3.63, 3.8) is 0 Å². The van der Waals surface area contributed by atoms with E-state index in [9.17, 15) is 13.2 Å². The van der Waals surface area contributed by atoms with Crippen LogP contribution in [0.25, 0.3) is 0 Å². The van der Waals surface area contributed by atoms with Crippen LogP contribution in [-0.4, -0.2) is 37.5 Å². The molecule has 1 saturated carbocycles. The lowest BCUT2D eigenvalue weighted by Gasteiger charge is -2.18. The largest absolute Gasteiger partial charge is 0.467 e. The fourth-order valence-corrected chi connectivity index (χ4v) is 2.78. The van der Waals surface area contributed by atoms with Gasteiger partial charge in [0.05, 0.1) is 25.6 Å². The second-order valence-electron chi connectivity index (χ2n) is 4.40. The number of nitrogens with one attached hydrogen (secondary N) is 1. The Morgan fingerprint density at radius 1 is 1.56 bits per heavy atom. The highest BCUT2D eigenvalue weighted by molar-refractivity contribution is 7.88. The van der Waals surface area contributed by atoms with Gasteiger partial charge in [0.15, 0.2) is 0 Å². The molecule has 1 amide bonds. The first-order chi connectivity index (χ1) is 8.47. The van der Waals surface area contributed by atoms with Crippen LogP contribution in [0, 0.1) is 0 Å². The molecule has 0 unspecified atom stereocenters. The lowest BCUT2D eigenvalue weighted by atomic mass is 10.4. The van der Waals surface area contributed by atoms with E-state index in [4.69, 9.17) is 4.42 Å². The number of carbonyl (C=O) groups excluding carboxylic acids is 1. The maximum absolute atomic E-state index is 11.7. The van der Waals surface area contributed by atoms with Gasteiger partial charge in [-0.15, -0.1) is 0 Å². The highest BCUT2D eigenvalue weighted by atomic mass is 32.2. The molecule has 0 aromatic carbocycles. The number of sulfonamides is 1. The SMILES string of the molecule is CS(=O)(=O)N(CC(=O)NCc1ccco1)C1CC1. The predicted octanol–water partition coefficient (Wildman–Crippen LogP) is 0.320. The van der Waals surface area contributed by atoms with Crippen molar-refractivity contribution in [3.05, 3.63) is 24.2 Å². The minimum absolute atomic E-state index is 0.00522. The number of amides is 1. The second-order valence-corrected chi connectivity index (χ2v) is 6.33. The van der Waals surface area contributed by atoms with Gasteiger partial charge in [-0.2, -0.15) is 4.31 Å². The molecule has 1 N–H and O–H groups in total. The number of hydrogen-bond acceptors (Lipinski definition) is 4. The van der Waals surface area contributed by atoms with Crippen molar-refractivity contribution >= 4 is 15.9 Å². The third-order valence-electron chi connectivity index (χ3n) is 2.72. The Hall–Kier alpha value is -1.34. The molecule has 18 heavy (non-hydrogen) atoms. The third-order valence-corrected chi connectivity index (χ3v) is 4.00. The van der Waals surface area contributed by atoms with Crippen LogP contribution in [0.5, 0.6) is 0 Å². The van der Waals surface area contributed by atoms with E-state index in [1.165, 1.54) is 10.6 Å². The van der Waals surface area contributed by atoms with Crippen LogP contribution in [0.3, 0.4) is 0 Å². The Morgan fingerprint density at radius 2 is 2.28 bits per heavy atom. The monoisotopic (exact) mass is 272 g/mol. The molecule has 1 aromatic heterocycles. The Labute approximate surface area is 106 Å². The smallest absolute Gasteiger partial charge is 0.235 e. The van der Waals surface area contributed by atoms with E-state index in [2.05, 4.69) is 5.32 Å². The third kappa shape index (κ3) is 3.58. The summed E-state index contributed by atoms with van der Waals surface area (Å²) >= 11 is 0. The summed E-state index contributed by atoms with van der Waals surface area (Å²) in [6.45, 7) is 0.151. The zero-order valence-electron chi connectivity index (χ0n) is 10.1. The van der Waals surface area contributed by atoms with Gasteiger partial charge < -0.3 is 9.73 Å². The molecule has 100 valence electrons. The summed E-state index contributed by atoms with van der Waals surface area (Å²) in [6, 6.07) is 3.47. The van der Waals surface area contributed by atoms with Crippen LogP contribution >= 0.6 is 0 Å². The lowest BCUT2D eigenvalue weighted by Crippen LogP contribution is -2.41. The summed E-state index contributed by atoms with van der Waals surface area (Å²) in [7, 11) is -3.32. The number of hydrogen-bond donors (Lipinski definition) is 1. The average molecular weight is 272 g/mol. The van der Waals surface area contributed by atoms with Gasteiger partial charge in [-0.1, -0.05) is 0 Å². The highest BCUT2D eigenvalue weighted by Crippen LogP contribution is 2.28. The molecule has 1 aromatic rings. The van der Waals surface area contributed by atoms with E-state index in [1.54, 1.807) is 12.1 Å². The Bertz CT molecular complexity index is 505. The molecule has 0 radical (unpaired) electrons. The minimum atomic E-state index is -3.32. The molecule has 1 fully saturated rings. The molecule has 2 rings (SSSR count). The first kappa shape index (κ1) is 13.1. The molecule has 1 aliphatic rings. The van der Waals surface area contributed by atoms with E-state index < -0.39 is 10.0 Å². The van der Waals surface area contributed by atoms with Crippen LogP contribution in [-0.2, 0) is 21.4 Å². The normalized spacial score (nSPS) is 15.9. The molecule has 0 bridgehead atoms. The minimum Gasteiger partial charge on any atom is -0.467 e. The summed E-state index contributed by atoms with van der Waals surface area (Å²) < 4.78 is 29.3. The molecule has 0 saturated heterocycles. The molecule has 0 aliphatic heterocycles. The molecule has 7 heteroatoms. The first-order valence-electron chi connectivity index (χ1n) is 5.73. The van der Waals surface area contributed by atoms with Gasteiger partial charge in [-0.05, 0) is 25.0 Å². The van der Waals surface area contributed by atoms with Crippen LogP contribution in [0.15, 0.2) is 22.8 Å². The summed E-state index contributed by atoms with van der Waals surface area (Å²) in [4.78, 5) is 11.7. The van der Waals surface area contributed by atoms with Crippen LogP contribution < -0.4 is 5.32 Å². The predicted molar refractivity (Wildman–Crippen MR) is 65.1 cm³/mol. The maximum atomic E-state index is 11.7. The van der Waals surface area contributed by atoms with Crippen molar-refractivity contribution in [2.75, 3.05) is 12.8 Å². The molecule has 0 spiro atoms. The molecule has 0 atom stereocenters. The van der Waals surface area contributed by atoms with Crippen LogP contribution in [0.2, 0.25) is 0 Å². The fraction of sp³-hybridized carbons (Fsp3) is 0.545. The molecule has 6 nitrogen and oxygen atoms in total. The van der Waals surface area contributed by atoms with Crippen LogP contribution in [0.4, 0.5) is 0 Å². The number of nitrogens with zero attached hydrogens (tertiary/aromatic N) is 1. The van der Waals surface area contributed by atoms with E-state index in [1.807, 2.05) is 0 Å². The van der Waals surface area contributed by atoms with E-state index >= 15 is 0 Å². The zero-order chi connectivity index (χ0) is 13.2. The topological polar surface area (TPSA) is 79.6 Å². The van der Waals surface area contributed by atoms with Crippen molar-refractivity contribution in [2.45, 2.75) is 25.4 Å². The maximum Gasteiger partial charge on any atom is 0.235 e. The summed E-state index contributed by atoms with van der Waals surface area (Å²) in [5.41, 5.74) is 0. The summed E-state index contributed by atoms with van der Waals surface area (Å²) in [5, 5.41) is 2.63. The highest BCUT2D eigenvalue weighted by Gasteiger charge is 2.36. The lowest BCUT2D eigenvalue weighted by molar-refractivity contribution is -0.121. The molecule has 1 aliphatic carbocycles. The van der Waals surface area contributed by atoms with Crippen molar-refractivity contribution in [1.82, 2.24) is 9.62 Å². The van der Waals surface area contributed by atoms with Gasteiger partial charge >= 0.3 is 0 Å². The van der Waals surface area contributed by atoms with E-state index in [-0.39, 0.29) is 25.0 Å². The standard InChI is InChI=1S/C11H16N2O4S/c1-18(15,16)13(9-4-5-9)8-11(14)12-7-10-3-2-6-17-10/h2-3,6,9H,4-5,7-8H2,1H3,(H,12,14). The van der Waals surface area contributed by atoms with Crippen LogP contribution in [0.1, 0.15) is 18.6 Å². The Morgan fingerprint density at radius 3 is 2.78 bits per heavy atom. The Balaban J connectivity index is 1.86. The molecule has 1 heterocycles. The summed E-state index contributed by atoms with van der Waals surface area (Å²) in [5.74, 6) is 0.324. The Kier molecular flexibility index (Phi) is 3.72. The van der Waals surface area contributed by atoms with Gasteiger partial charge in [-0.3, -0.25) is 4.79 Å². The van der Waals surface area contributed by atoms with Gasteiger partial charge in [-0.25, -0.2) is 8.42 Å². The second kappa shape index (κ2) is 5.11. The number of rotatable bonds is 6. The van der Waals surface area contributed by atoms with Crippen molar-refractivity contribution < 1.29 is 17.6 Å². The zero-order valence-corrected chi connectivity index (χ0v) is 10.9. The van der Waals surface area contributed by atoms with E-state index in [0.29, 0.717) is 5.76 Å².